The predicted molar refractivity (Wildman–Crippen MR) is 37.2 cm³/mol. The Morgan fingerprint density at radius 1 is 1.56 bits per heavy atom. The molecule has 2 heteroatoms. The lowest BCUT2D eigenvalue weighted by Crippen LogP contribution is -2.14. The fourth-order valence-corrected chi connectivity index (χ4v) is 1.26. The van der Waals surface area contributed by atoms with Crippen LogP contribution in [0.3, 0.4) is 0 Å². The molecule has 1 rings (SSSR count). The Kier molecular flexibility index (Phi) is 2.09. The highest BCUT2D eigenvalue weighted by Crippen LogP contribution is 2.48. The average molecular weight is 129 g/mol. The third-order valence-electron chi connectivity index (χ3n) is 2.08. The summed E-state index contributed by atoms with van der Waals surface area (Å²) in [6.07, 6.45) is 3.77. The predicted octanol–water partition coefficient (Wildman–Crippen LogP) is 0.762. The van der Waals surface area contributed by atoms with Gasteiger partial charge in [-0.3, -0.25) is 0 Å². The second-order valence-electron chi connectivity index (χ2n) is 2.97. The van der Waals surface area contributed by atoms with Crippen LogP contribution >= 0.6 is 0 Å². The molecule has 54 valence electrons. The van der Waals surface area contributed by atoms with Gasteiger partial charge in [0.25, 0.3) is 0 Å². The fraction of sp³-hybridized carbons (Fsp3) is 1.00. The van der Waals surface area contributed by atoms with Gasteiger partial charge in [-0.25, -0.2) is 0 Å². The third kappa shape index (κ3) is 1.66. The van der Waals surface area contributed by atoms with Crippen molar-refractivity contribution in [3.8, 4) is 0 Å². The lowest BCUT2D eigenvalue weighted by Gasteiger charge is -2.10. The van der Waals surface area contributed by atoms with Gasteiger partial charge in [0, 0.05) is 7.11 Å². The van der Waals surface area contributed by atoms with Crippen molar-refractivity contribution < 1.29 is 4.74 Å². The summed E-state index contributed by atoms with van der Waals surface area (Å²) in [6.45, 7) is 1.72. The highest BCUT2D eigenvalue weighted by molar-refractivity contribution is 4.92. The molecule has 0 atom stereocenters. The molecule has 0 aliphatic heterocycles. The molecule has 0 spiro atoms. The van der Waals surface area contributed by atoms with Crippen LogP contribution < -0.4 is 5.73 Å². The Morgan fingerprint density at radius 2 is 2.22 bits per heavy atom. The topological polar surface area (TPSA) is 35.2 Å². The summed E-state index contributed by atoms with van der Waals surface area (Å²) < 4.78 is 5.07. The van der Waals surface area contributed by atoms with Crippen molar-refractivity contribution in [2.75, 3.05) is 20.3 Å². The molecule has 9 heavy (non-hydrogen) atoms. The average Bonchev–Trinajstić information content (AvgIpc) is 2.51. The van der Waals surface area contributed by atoms with Gasteiger partial charge in [0.1, 0.15) is 0 Å². The van der Waals surface area contributed by atoms with E-state index in [1.807, 2.05) is 0 Å². The van der Waals surface area contributed by atoms with Crippen LogP contribution in [0.1, 0.15) is 19.3 Å². The quantitative estimate of drug-likeness (QED) is 0.608. The van der Waals surface area contributed by atoms with E-state index in [0.29, 0.717) is 5.41 Å². The Bertz CT molecular complexity index is 80.9. The first-order valence-electron chi connectivity index (χ1n) is 3.52. The highest BCUT2D eigenvalue weighted by Gasteiger charge is 2.41. The lowest BCUT2D eigenvalue weighted by molar-refractivity contribution is 0.137. The lowest BCUT2D eigenvalue weighted by atomic mass is 10.0. The summed E-state index contributed by atoms with van der Waals surface area (Å²) in [4.78, 5) is 0. The molecular formula is C7H15NO. The van der Waals surface area contributed by atoms with Crippen LogP contribution in [0.5, 0.6) is 0 Å². The second kappa shape index (κ2) is 2.67. The van der Waals surface area contributed by atoms with Gasteiger partial charge in [-0.05, 0) is 31.2 Å². The first-order chi connectivity index (χ1) is 4.33. The molecule has 2 N–H and O–H groups in total. The maximum absolute atomic E-state index is 5.43. The summed E-state index contributed by atoms with van der Waals surface area (Å²) in [7, 11) is 1.76. The smallest absolute Gasteiger partial charge is 0.0519 e. The summed E-state index contributed by atoms with van der Waals surface area (Å²) in [6, 6.07) is 0. The van der Waals surface area contributed by atoms with Crippen molar-refractivity contribution in [2.45, 2.75) is 19.3 Å². The molecule has 0 aromatic carbocycles. The van der Waals surface area contributed by atoms with E-state index in [9.17, 15) is 0 Å². The minimum absolute atomic E-state index is 0.503. The van der Waals surface area contributed by atoms with E-state index < -0.39 is 0 Å². The van der Waals surface area contributed by atoms with Gasteiger partial charge in [-0.1, -0.05) is 0 Å². The number of nitrogens with two attached hydrogens (primary N) is 1. The van der Waals surface area contributed by atoms with Crippen LogP contribution in [-0.4, -0.2) is 20.3 Å². The van der Waals surface area contributed by atoms with Crippen molar-refractivity contribution in [3.05, 3.63) is 0 Å². The van der Waals surface area contributed by atoms with Crippen molar-refractivity contribution in [2.24, 2.45) is 11.1 Å². The number of methoxy groups -OCH3 is 1. The molecular weight excluding hydrogens is 114 g/mol. The van der Waals surface area contributed by atoms with Gasteiger partial charge in [0.05, 0.1) is 6.61 Å². The van der Waals surface area contributed by atoms with Gasteiger partial charge in [0.15, 0.2) is 0 Å². The molecule has 0 unspecified atom stereocenters. The monoisotopic (exact) mass is 129 g/mol. The molecule has 0 heterocycles. The molecule has 0 aromatic rings. The van der Waals surface area contributed by atoms with Crippen molar-refractivity contribution >= 4 is 0 Å². The summed E-state index contributed by atoms with van der Waals surface area (Å²) >= 11 is 0. The number of hydrogen-bond acceptors (Lipinski definition) is 2. The molecule has 0 amide bonds. The van der Waals surface area contributed by atoms with Gasteiger partial charge in [-0.2, -0.15) is 0 Å². The van der Waals surface area contributed by atoms with Crippen LogP contribution in [0, 0.1) is 5.41 Å². The largest absolute Gasteiger partial charge is 0.384 e. The molecule has 1 saturated carbocycles. The number of rotatable bonds is 4. The van der Waals surface area contributed by atoms with Crippen LogP contribution in [0.15, 0.2) is 0 Å². The third-order valence-corrected chi connectivity index (χ3v) is 2.08. The maximum atomic E-state index is 5.43. The molecule has 2 nitrogen and oxygen atoms in total. The van der Waals surface area contributed by atoms with Crippen LogP contribution in [-0.2, 0) is 4.74 Å². The van der Waals surface area contributed by atoms with Gasteiger partial charge < -0.3 is 10.5 Å². The van der Waals surface area contributed by atoms with E-state index in [2.05, 4.69) is 0 Å². The van der Waals surface area contributed by atoms with Crippen LogP contribution in [0.4, 0.5) is 0 Å². The highest BCUT2D eigenvalue weighted by atomic mass is 16.5. The zero-order chi connectivity index (χ0) is 6.74. The minimum atomic E-state index is 0.503. The Morgan fingerprint density at radius 3 is 2.56 bits per heavy atom. The van der Waals surface area contributed by atoms with E-state index in [1.54, 1.807) is 7.11 Å². The van der Waals surface area contributed by atoms with Gasteiger partial charge >= 0.3 is 0 Å². The standard InChI is InChI=1S/C7H15NO/c1-9-6-7(2-3-7)4-5-8/h2-6,8H2,1H3. The summed E-state index contributed by atoms with van der Waals surface area (Å²) in [5.74, 6) is 0. The van der Waals surface area contributed by atoms with E-state index in [-0.39, 0.29) is 0 Å². The summed E-state index contributed by atoms with van der Waals surface area (Å²) in [5.41, 5.74) is 5.93. The van der Waals surface area contributed by atoms with Crippen LogP contribution in [0.25, 0.3) is 0 Å². The van der Waals surface area contributed by atoms with Gasteiger partial charge in [0.2, 0.25) is 0 Å². The normalized spacial score (nSPS) is 22.0. The number of ether oxygens (including phenoxy) is 1. The molecule has 0 bridgehead atoms. The molecule has 0 aromatic heterocycles. The Balaban J connectivity index is 2.17. The second-order valence-corrected chi connectivity index (χ2v) is 2.97. The Labute approximate surface area is 56.4 Å². The van der Waals surface area contributed by atoms with Crippen molar-refractivity contribution in [3.63, 3.8) is 0 Å². The maximum Gasteiger partial charge on any atom is 0.0519 e. The molecule has 1 aliphatic carbocycles. The van der Waals surface area contributed by atoms with E-state index in [1.165, 1.54) is 12.8 Å². The van der Waals surface area contributed by atoms with Crippen molar-refractivity contribution in [1.82, 2.24) is 0 Å². The van der Waals surface area contributed by atoms with Crippen LogP contribution in [0.2, 0.25) is 0 Å². The van der Waals surface area contributed by atoms with E-state index in [0.717, 1.165) is 19.6 Å². The zero-order valence-corrected chi connectivity index (χ0v) is 6.02. The summed E-state index contributed by atoms with van der Waals surface area (Å²) in [5, 5.41) is 0. The minimum Gasteiger partial charge on any atom is -0.384 e. The number of hydrogen-bond donors (Lipinski definition) is 1. The molecule has 0 saturated heterocycles. The van der Waals surface area contributed by atoms with E-state index >= 15 is 0 Å². The molecule has 1 fully saturated rings. The SMILES string of the molecule is COCC1(CCN)CC1. The first kappa shape index (κ1) is 7.03. The van der Waals surface area contributed by atoms with Crippen molar-refractivity contribution in [1.29, 1.82) is 0 Å². The van der Waals surface area contributed by atoms with Gasteiger partial charge in [-0.15, -0.1) is 0 Å². The fourth-order valence-electron chi connectivity index (χ4n) is 1.26. The molecule has 1 aliphatic rings. The Hall–Kier alpha value is -0.0800. The van der Waals surface area contributed by atoms with E-state index in [4.69, 9.17) is 10.5 Å². The zero-order valence-electron chi connectivity index (χ0n) is 6.02. The molecule has 0 radical (unpaired) electrons. The first-order valence-corrected chi connectivity index (χ1v) is 3.52.